The van der Waals surface area contributed by atoms with Crippen LogP contribution in [0, 0.1) is 11.6 Å². The molecule has 1 unspecified atom stereocenters. The molecule has 0 spiro atoms. The van der Waals surface area contributed by atoms with Gasteiger partial charge in [-0.3, -0.25) is 4.99 Å². The number of nitrogens with zero attached hydrogens (tertiary/aromatic N) is 2. The van der Waals surface area contributed by atoms with Gasteiger partial charge in [0.15, 0.2) is 5.96 Å². The van der Waals surface area contributed by atoms with Gasteiger partial charge in [-0.2, -0.15) is 0 Å². The molecule has 5 nitrogen and oxygen atoms in total. The summed E-state index contributed by atoms with van der Waals surface area (Å²) in [4.78, 5) is 5.92. The fourth-order valence-electron chi connectivity index (χ4n) is 2.41. The zero-order chi connectivity index (χ0) is 18.4. The lowest BCUT2D eigenvalue weighted by Crippen LogP contribution is -2.28. The van der Waals surface area contributed by atoms with Crippen LogP contribution in [0.2, 0.25) is 0 Å². The fraction of sp³-hybridized carbons (Fsp3) is 0.278. The highest BCUT2D eigenvalue weighted by molar-refractivity contribution is 14.0. The van der Waals surface area contributed by atoms with Crippen molar-refractivity contribution in [1.29, 1.82) is 0 Å². The Morgan fingerprint density at radius 1 is 1.19 bits per heavy atom. The first kappa shape index (κ1) is 22.1. The summed E-state index contributed by atoms with van der Waals surface area (Å²) in [6.45, 7) is 0.105. The van der Waals surface area contributed by atoms with E-state index in [1.165, 1.54) is 18.2 Å². The van der Waals surface area contributed by atoms with Gasteiger partial charge in [-0.15, -0.1) is 24.0 Å². The van der Waals surface area contributed by atoms with Crippen molar-refractivity contribution in [1.82, 2.24) is 4.90 Å². The summed E-state index contributed by atoms with van der Waals surface area (Å²) < 4.78 is 33.2. The molecule has 0 aliphatic heterocycles. The molecule has 0 radical (unpaired) electrons. The Kier molecular flexibility index (Phi) is 8.73. The predicted molar refractivity (Wildman–Crippen MR) is 111 cm³/mol. The van der Waals surface area contributed by atoms with Crippen molar-refractivity contribution in [3.05, 3.63) is 59.7 Å². The van der Waals surface area contributed by atoms with Crippen LogP contribution in [0.5, 0.6) is 5.75 Å². The molecule has 26 heavy (non-hydrogen) atoms. The van der Waals surface area contributed by atoms with E-state index in [0.29, 0.717) is 11.4 Å². The van der Waals surface area contributed by atoms with Crippen LogP contribution in [-0.2, 0) is 0 Å². The number of hydrogen-bond donors (Lipinski definition) is 2. The van der Waals surface area contributed by atoms with Gasteiger partial charge in [-0.25, -0.2) is 8.78 Å². The molecule has 142 valence electrons. The monoisotopic (exact) mass is 476 g/mol. The number of methoxy groups -OCH3 is 1. The zero-order valence-corrected chi connectivity index (χ0v) is 17.2. The summed E-state index contributed by atoms with van der Waals surface area (Å²) in [5.41, 5.74) is 6.58. The smallest absolute Gasteiger partial charge is 0.193 e. The van der Waals surface area contributed by atoms with Crippen LogP contribution < -0.4 is 15.8 Å². The number of rotatable bonds is 6. The SMILES string of the molecule is COc1cccc(NC(N)=NCC(c2c(F)cccc2F)N(C)C)c1.I. The summed E-state index contributed by atoms with van der Waals surface area (Å²) in [5.74, 6) is -0.379. The molecule has 0 aromatic heterocycles. The standard InChI is InChI=1S/C18H22F2N4O.HI/c1-24(2)16(17-14(19)8-5-9-15(17)20)11-22-18(21)23-12-6-4-7-13(10-12)25-3;/h4-10,16H,11H2,1-3H3,(H3,21,22,23);1H. The maximum atomic E-state index is 14.0. The normalized spacial score (nSPS) is 12.5. The summed E-state index contributed by atoms with van der Waals surface area (Å²) in [6.07, 6.45) is 0. The Morgan fingerprint density at radius 2 is 1.81 bits per heavy atom. The van der Waals surface area contributed by atoms with Gasteiger partial charge in [0.2, 0.25) is 0 Å². The second kappa shape index (κ2) is 10.3. The first-order valence-corrected chi connectivity index (χ1v) is 7.73. The number of ether oxygens (including phenoxy) is 1. The highest BCUT2D eigenvalue weighted by atomic mass is 127. The Bertz CT molecular complexity index is 735. The zero-order valence-electron chi connectivity index (χ0n) is 14.9. The molecule has 3 N–H and O–H groups in total. The topological polar surface area (TPSA) is 62.9 Å². The molecular formula is C18H23F2IN4O. The van der Waals surface area contributed by atoms with E-state index in [4.69, 9.17) is 10.5 Å². The van der Waals surface area contributed by atoms with E-state index in [1.54, 1.807) is 32.2 Å². The van der Waals surface area contributed by atoms with Crippen molar-refractivity contribution in [3.8, 4) is 5.75 Å². The van der Waals surface area contributed by atoms with Gasteiger partial charge < -0.3 is 20.7 Å². The number of nitrogens with one attached hydrogen (secondary N) is 1. The van der Waals surface area contributed by atoms with Gasteiger partial charge in [0.1, 0.15) is 17.4 Å². The van der Waals surface area contributed by atoms with Crippen LogP contribution in [0.1, 0.15) is 11.6 Å². The minimum atomic E-state index is -0.603. The lowest BCUT2D eigenvalue weighted by atomic mass is 10.0. The molecule has 2 rings (SSSR count). The molecular weight excluding hydrogens is 453 g/mol. The molecule has 0 bridgehead atoms. The average Bonchev–Trinajstić information content (AvgIpc) is 2.57. The first-order valence-electron chi connectivity index (χ1n) is 7.73. The largest absolute Gasteiger partial charge is 0.497 e. The molecule has 1 atom stereocenters. The highest BCUT2D eigenvalue weighted by Crippen LogP contribution is 2.25. The lowest BCUT2D eigenvalue weighted by molar-refractivity contribution is 0.290. The number of likely N-dealkylation sites (N-methyl/N-ethyl adjacent to an activating group) is 1. The van der Waals surface area contributed by atoms with E-state index in [0.717, 1.165) is 0 Å². The van der Waals surface area contributed by atoms with E-state index in [1.807, 2.05) is 18.2 Å². The van der Waals surface area contributed by atoms with E-state index < -0.39 is 17.7 Å². The number of aliphatic imine (C=N–C) groups is 1. The molecule has 2 aromatic carbocycles. The average molecular weight is 476 g/mol. The summed E-state index contributed by atoms with van der Waals surface area (Å²) in [6, 6.07) is 10.4. The van der Waals surface area contributed by atoms with E-state index >= 15 is 0 Å². The molecule has 0 aliphatic rings. The Hall–Kier alpha value is -1.94. The number of guanidine groups is 1. The highest BCUT2D eigenvalue weighted by Gasteiger charge is 2.21. The quantitative estimate of drug-likeness (QED) is 0.380. The Morgan fingerprint density at radius 3 is 2.38 bits per heavy atom. The minimum Gasteiger partial charge on any atom is -0.497 e. The summed E-state index contributed by atoms with van der Waals surface area (Å²) in [5, 5.41) is 2.93. The van der Waals surface area contributed by atoms with Crippen molar-refractivity contribution in [2.75, 3.05) is 33.1 Å². The first-order chi connectivity index (χ1) is 11.9. The number of hydrogen-bond acceptors (Lipinski definition) is 3. The van der Waals surface area contributed by atoms with E-state index in [-0.39, 0.29) is 42.0 Å². The third-order valence-corrected chi connectivity index (χ3v) is 3.73. The summed E-state index contributed by atoms with van der Waals surface area (Å²) in [7, 11) is 5.04. The predicted octanol–water partition coefficient (Wildman–Crippen LogP) is 3.62. The maximum Gasteiger partial charge on any atom is 0.193 e. The van der Waals surface area contributed by atoms with Gasteiger partial charge in [0.05, 0.1) is 19.7 Å². The van der Waals surface area contributed by atoms with Crippen LogP contribution in [0.4, 0.5) is 14.5 Å². The lowest BCUT2D eigenvalue weighted by Gasteiger charge is -2.24. The van der Waals surface area contributed by atoms with Gasteiger partial charge in [-0.05, 0) is 38.4 Å². The molecule has 2 aromatic rings. The van der Waals surface area contributed by atoms with E-state index in [2.05, 4.69) is 10.3 Å². The minimum absolute atomic E-state index is 0. The molecule has 0 fully saturated rings. The fourth-order valence-corrected chi connectivity index (χ4v) is 2.41. The van der Waals surface area contributed by atoms with Crippen molar-refractivity contribution >= 4 is 35.6 Å². The van der Waals surface area contributed by atoms with Crippen molar-refractivity contribution < 1.29 is 13.5 Å². The van der Waals surface area contributed by atoms with Crippen LogP contribution >= 0.6 is 24.0 Å². The van der Waals surface area contributed by atoms with Crippen molar-refractivity contribution in [3.63, 3.8) is 0 Å². The second-order valence-corrected chi connectivity index (χ2v) is 5.70. The number of nitrogens with two attached hydrogens (primary N) is 1. The number of benzene rings is 2. The van der Waals surface area contributed by atoms with Gasteiger partial charge in [0, 0.05) is 17.3 Å². The van der Waals surface area contributed by atoms with Gasteiger partial charge in [-0.1, -0.05) is 12.1 Å². The number of halogens is 3. The Labute approximate surface area is 169 Å². The van der Waals surface area contributed by atoms with Gasteiger partial charge in [0.25, 0.3) is 0 Å². The summed E-state index contributed by atoms with van der Waals surface area (Å²) >= 11 is 0. The van der Waals surface area contributed by atoms with Crippen LogP contribution in [0.25, 0.3) is 0 Å². The van der Waals surface area contributed by atoms with Crippen LogP contribution in [0.3, 0.4) is 0 Å². The third kappa shape index (κ3) is 5.80. The molecule has 0 saturated carbocycles. The maximum absolute atomic E-state index is 14.0. The van der Waals surface area contributed by atoms with E-state index in [9.17, 15) is 8.78 Å². The molecule has 0 heterocycles. The molecule has 0 amide bonds. The van der Waals surface area contributed by atoms with Crippen molar-refractivity contribution in [2.45, 2.75) is 6.04 Å². The van der Waals surface area contributed by atoms with Crippen molar-refractivity contribution in [2.24, 2.45) is 10.7 Å². The molecule has 0 aliphatic carbocycles. The second-order valence-electron chi connectivity index (χ2n) is 5.70. The Balaban J connectivity index is 0.00000338. The molecule has 8 heteroatoms. The molecule has 0 saturated heterocycles. The van der Waals surface area contributed by atoms with Crippen LogP contribution in [0.15, 0.2) is 47.5 Å². The van der Waals surface area contributed by atoms with Gasteiger partial charge >= 0.3 is 0 Å². The number of anilines is 1. The third-order valence-electron chi connectivity index (χ3n) is 3.73. The van der Waals surface area contributed by atoms with Crippen LogP contribution in [-0.4, -0.2) is 38.6 Å².